The lowest BCUT2D eigenvalue weighted by molar-refractivity contribution is -0.141. The maximum atomic E-state index is 13.8. The third-order valence-corrected chi connectivity index (χ3v) is 9.67. The highest BCUT2D eigenvalue weighted by Crippen LogP contribution is 2.51. The summed E-state index contributed by atoms with van der Waals surface area (Å²) < 4.78 is 81.2. The summed E-state index contributed by atoms with van der Waals surface area (Å²) in [5.41, 5.74) is 3.78. The number of fused-ring (bicyclic) bond motifs is 4. The van der Waals surface area contributed by atoms with E-state index in [-0.39, 0.29) is 12.0 Å². The van der Waals surface area contributed by atoms with Crippen LogP contribution in [0.1, 0.15) is 46.3 Å². The van der Waals surface area contributed by atoms with Crippen LogP contribution in [-0.4, -0.2) is 34.1 Å². The van der Waals surface area contributed by atoms with E-state index in [2.05, 4.69) is 15.6 Å². The van der Waals surface area contributed by atoms with Gasteiger partial charge in [-0.15, -0.1) is 0 Å². The number of carbonyl (C=O) groups excluding carboxylic acids is 2. The molecule has 0 bridgehead atoms. The molecule has 3 aliphatic rings. The summed E-state index contributed by atoms with van der Waals surface area (Å²) in [4.78, 5) is 32.0. The van der Waals surface area contributed by atoms with E-state index in [0.717, 1.165) is 23.3 Å². The molecule has 6 nitrogen and oxygen atoms in total. The molecule has 0 aromatic heterocycles. The van der Waals surface area contributed by atoms with Gasteiger partial charge in [0, 0.05) is 36.3 Å². The number of anilines is 1. The predicted molar refractivity (Wildman–Crippen MR) is 189 cm³/mol. The van der Waals surface area contributed by atoms with Gasteiger partial charge in [-0.2, -0.15) is 26.3 Å². The number of hydrogen-bond donors (Lipinski definition) is 2. The molecular formula is C41H32F6N4O2. The fourth-order valence-corrected chi connectivity index (χ4v) is 7.27. The summed E-state index contributed by atoms with van der Waals surface area (Å²) in [6.07, 6.45) is -2.59. The number of halogens is 6. The van der Waals surface area contributed by atoms with E-state index in [1.54, 1.807) is 67.0 Å². The van der Waals surface area contributed by atoms with Crippen LogP contribution in [0.5, 0.6) is 0 Å². The van der Waals surface area contributed by atoms with Crippen molar-refractivity contribution in [1.29, 1.82) is 0 Å². The SMILES string of the molecule is O=C(Nc1cn(CCCCC2(C(=O)NCC(F)(F)F)c3ccccc3-c3ccccc32)cc2nccc1-2)c1ccccc1-c1ccc(C(F)(F)F)cc1. The average molecular weight is 727 g/mol. The van der Waals surface area contributed by atoms with Gasteiger partial charge in [0.2, 0.25) is 5.91 Å². The first-order chi connectivity index (χ1) is 25.3. The molecule has 2 heterocycles. The van der Waals surface area contributed by atoms with Crippen LogP contribution in [0.15, 0.2) is 122 Å². The Hall–Kier alpha value is -5.91. The zero-order chi connectivity index (χ0) is 37.4. The van der Waals surface area contributed by atoms with Gasteiger partial charge in [-0.3, -0.25) is 14.6 Å². The molecule has 0 atom stereocenters. The molecular weight excluding hydrogens is 694 g/mol. The molecule has 0 spiro atoms. The number of nitrogens with one attached hydrogen (secondary N) is 2. The fraction of sp³-hybridized carbons (Fsp3) is 0.195. The van der Waals surface area contributed by atoms with Gasteiger partial charge < -0.3 is 15.2 Å². The van der Waals surface area contributed by atoms with Crippen LogP contribution in [0.2, 0.25) is 0 Å². The van der Waals surface area contributed by atoms with Crippen LogP contribution in [0.25, 0.3) is 33.5 Å². The Morgan fingerprint density at radius 1 is 0.698 bits per heavy atom. The van der Waals surface area contributed by atoms with E-state index in [1.807, 2.05) is 35.0 Å². The van der Waals surface area contributed by atoms with Crippen LogP contribution in [0.4, 0.5) is 32.0 Å². The van der Waals surface area contributed by atoms with Gasteiger partial charge in [-0.25, -0.2) is 0 Å². The molecule has 2 N–H and O–H groups in total. The van der Waals surface area contributed by atoms with Crippen LogP contribution in [0, 0.1) is 0 Å². The quantitative estimate of drug-likeness (QED) is 0.109. The van der Waals surface area contributed by atoms with E-state index >= 15 is 0 Å². The molecule has 0 fully saturated rings. The Kier molecular flexibility index (Phi) is 9.31. The number of nitrogens with zero attached hydrogens (tertiary/aromatic N) is 2. The van der Waals surface area contributed by atoms with E-state index in [4.69, 9.17) is 0 Å². The topological polar surface area (TPSA) is 76.0 Å². The Morgan fingerprint density at radius 2 is 1.32 bits per heavy atom. The summed E-state index contributed by atoms with van der Waals surface area (Å²) in [5.74, 6) is -1.17. The standard InChI is InChI=1S/C41H32F6N4O2/c42-40(43,44)25-49-38(53)39(33-13-5-3-10-29(33)30-11-4-6-14-34(30)39)20-7-8-22-51-23-35-32(19-21-48-35)36(24-51)50-37(52)31-12-2-1-9-28(31)26-15-17-27(18-16-26)41(45,46)47/h1-6,9-19,21,23-24H,7-8,20,22,25H2,(H,49,53)(H,50,52). The van der Waals surface area contributed by atoms with Gasteiger partial charge in [0.1, 0.15) is 12.0 Å². The lowest BCUT2D eigenvalue weighted by Crippen LogP contribution is -2.47. The molecule has 53 heavy (non-hydrogen) atoms. The van der Waals surface area contributed by atoms with Gasteiger partial charge in [0.05, 0.1) is 16.9 Å². The summed E-state index contributed by atoms with van der Waals surface area (Å²) >= 11 is 0. The molecule has 0 saturated heterocycles. The second-order valence-electron chi connectivity index (χ2n) is 13.0. The number of benzene rings is 4. The Morgan fingerprint density at radius 3 is 1.96 bits per heavy atom. The highest BCUT2D eigenvalue weighted by atomic mass is 19.4. The van der Waals surface area contributed by atoms with Gasteiger partial charge in [0.25, 0.3) is 5.91 Å². The number of amides is 2. The van der Waals surface area contributed by atoms with Crippen molar-refractivity contribution in [2.45, 2.75) is 43.6 Å². The van der Waals surface area contributed by atoms with Crippen molar-refractivity contribution >= 4 is 17.5 Å². The second-order valence-corrected chi connectivity index (χ2v) is 13.0. The highest BCUT2D eigenvalue weighted by molar-refractivity contribution is 6.10. The number of hydrogen-bond acceptors (Lipinski definition) is 3. The first-order valence-corrected chi connectivity index (χ1v) is 16.9. The summed E-state index contributed by atoms with van der Waals surface area (Å²) in [5, 5.41) is 5.12. The first-order valence-electron chi connectivity index (χ1n) is 16.9. The minimum Gasteiger partial charge on any atom is -0.350 e. The van der Waals surface area contributed by atoms with Gasteiger partial charge >= 0.3 is 12.4 Å². The zero-order valence-electron chi connectivity index (χ0n) is 28.1. The van der Waals surface area contributed by atoms with Crippen LogP contribution >= 0.6 is 0 Å². The van der Waals surface area contributed by atoms with Gasteiger partial charge in [-0.1, -0.05) is 78.9 Å². The summed E-state index contributed by atoms with van der Waals surface area (Å²) in [6.45, 7) is -0.999. The Labute approximate surface area is 300 Å². The highest BCUT2D eigenvalue weighted by Gasteiger charge is 2.49. The number of unbranched alkanes of at least 4 members (excludes halogenated alkanes) is 1. The molecule has 4 aromatic carbocycles. The number of carbonyl (C=O) groups is 2. The summed E-state index contributed by atoms with van der Waals surface area (Å²) in [7, 11) is 0. The molecule has 2 amide bonds. The minimum absolute atomic E-state index is 0.256. The maximum Gasteiger partial charge on any atom is 0.416 e. The molecule has 7 rings (SSSR count). The first kappa shape index (κ1) is 35.5. The van der Waals surface area contributed by atoms with Crippen LogP contribution < -0.4 is 10.6 Å². The minimum atomic E-state index is -4.57. The van der Waals surface area contributed by atoms with Crippen molar-refractivity contribution in [3.63, 3.8) is 0 Å². The number of alkyl halides is 6. The van der Waals surface area contributed by atoms with Crippen molar-refractivity contribution < 1.29 is 35.9 Å². The third-order valence-electron chi connectivity index (χ3n) is 9.67. The van der Waals surface area contributed by atoms with Crippen molar-refractivity contribution in [2.24, 2.45) is 0 Å². The number of aryl methyl sites for hydroxylation is 1. The molecule has 270 valence electrons. The van der Waals surface area contributed by atoms with Crippen molar-refractivity contribution in [3.05, 3.63) is 144 Å². The largest absolute Gasteiger partial charge is 0.416 e. The van der Waals surface area contributed by atoms with Gasteiger partial charge in [0.15, 0.2) is 0 Å². The van der Waals surface area contributed by atoms with Crippen molar-refractivity contribution in [2.75, 3.05) is 11.9 Å². The maximum absolute atomic E-state index is 13.8. The van der Waals surface area contributed by atoms with Crippen molar-refractivity contribution in [3.8, 4) is 33.5 Å². The normalized spacial score (nSPS) is 13.4. The van der Waals surface area contributed by atoms with Gasteiger partial charge in [-0.05, 0) is 76.9 Å². The third kappa shape index (κ3) is 7.01. The second kappa shape index (κ2) is 13.9. The Bertz CT molecular complexity index is 2210. The molecule has 0 saturated carbocycles. The fourth-order valence-electron chi connectivity index (χ4n) is 7.27. The van der Waals surface area contributed by atoms with Crippen LogP contribution in [-0.2, 0) is 22.9 Å². The van der Waals surface area contributed by atoms with E-state index < -0.39 is 41.7 Å². The molecule has 0 radical (unpaired) electrons. The molecule has 2 aliphatic heterocycles. The smallest absolute Gasteiger partial charge is 0.350 e. The zero-order valence-corrected chi connectivity index (χ0v) is 28.1. The number of pyridine rings is 1. The summed E-state index contributed by atoms with van der Waals surface area (Å²) in [6, 6.07) is 27.6. The lowest BCUT2D eigenvalue weighted by atomic mass is 9.73. The lowest BCUT2D eigenvalue weighted by Gasteiger charge is -2.31. The van der Waals surface area contributed by atoms with E-state index in [1.165, 1.54) is 12.1 Å². The Balaban J connectivity index is 1.11. The predicted octanol–water partition coefficient (Wildman–Crippen LogP) is 9.74. The van der Waals surface area contributed by atoms with Crippen LogP contribution in [0.3, 0.4) is 0 Å². The van der Waals surface area contributed by atoms with E-state index in [9.17, 15) is 35.9 Å². The molecule has 4 aromatic rings. The van der Waals surface area contributed by atoms with Crippen molar-refractivity contribution in [1.82, 2.24) is 14.9 Å². The monoisotopic (exact) mass is 726 g/mol. The number of rotatable bonds is 10. The molecule has 1 aliphatic carbocycles. The number of aromatic nitrogens is 2. The molecule has 0 unspecified atom stereocenters. The average Bonchev–Trinajstić information content (AvgIpc) is 3.73. The molecule has 12 heteroatoms. The van der Waals surface area contributed by atoms with E-state index in [0.29, 0.717) is 58.6 Å².